The highest BCUT2D eigenvalue weighted by Gasteiger charge is 2.28. The zero-order valence-electron chi connectivity index (χ0n) is 19.8. The van der Waals surface area contributed by atoms with E-state index in [1.165, 1.54) is 0 Å². The van der Waals surface area contributed by atoms with E-state index in [4.69, 9.17) is 28.2 Å². The smallest absolute Gasteiger partial charge is 0.383 e. The van der Waals surface area contributed by atoms with Crippen LogP contribution in [-0.2, 0) is 42.4 Å². The molecule has 0 aromatic heterocycles. The SMILES string of the molecule is FC(F)(F)COCCOCCOB(OCCOCCOCC(F)(F)F)OCCOCCOCC(F)(F)F. The fourth-order valence-electron chi connectivity index (χ4n) is 1.98. The molecule has 0 N–H and O–H groups in total. The molecule has 9 nitrogen and oxygen atoms in total. The van der Waals surface area contributed by atoms with Gasteiger partial charge in [0.15, 0.2) is 0 Å². The second-order valence-electron chi connectivity index (χ2n) is 6.74. The number of hydrogen-bond acceptors (Lipinski definition) is 9. The van der Waals surface area contributed by atoms with Crippen LogP contribution in [0.2, 0.25) is 0 Å². The standard InChI is InChI=1S/C18H30BF9O9/c20-16(21,22)13-32-4-1-29-7-10-35-19(36-11-8-30-2-5-33-14-17(23,24)25)37-12-9-31-3-6-34-15-18(26,27)28/h1-15H2. The lowest BCUT2D eigenvalue weighted by Gasteiger charge is -2.15. The van der Waals surface area contributed by atoms with Crippen LogP contribution in [0.3, 0.4) is 0 Å². The second-order valence-corrected chi connectivity index (χ2v) is 6.74. The molecule has 37 heavy (non-hydrogen) atoms. The first kappa shape index (κ1) is 36.1. The molecular weight excluding hydrogens is 542 g/mol. The van der Waals surface area contributed by atoms with Gasteiger partial charge in [-0.1, -0.05) is 0 Å². The minimum Gasteiger partial charge on any atom is -0.383 e. The molecule has 0 radical (unpaired) electrons. The van der Waals surface area contributed by atoms with Gasteiger partial charge >= 0.3 is 25.9 Å². The van der Waals surface area contributed by atoms with Gasteiger partial charge in [-0.05, 0) is 0 Å². The van der Waals surface area contributed by atoms with Crippen molar-refractivity contribution in [1.82, 2.24) is 0 Å². The molecule has 0 aliphatic rings. The molecule has 0 fully saturated rings. The van der Waals surface area contributed by atoms with Crippen LogP contribution in [0, 0.1) is 0 Å². The van der Waals surface area contributed by atoms with Gasteiger partial charge in [0, 0.05) is 0 Å². The Morgan fingerprint density at radius 2 is 0.541 bits per heavy atom. The number of halogens is 9. The molecule has 222 valence electrons. The zero-order valence-corrected chi connectivity index (χ0v) is 19.8. The van der Waals surface area contributed by atoms with Crippen molar-refractivity contribution in [1.29, 1.82) is 0 Å². The van der Waals surface area contributed by atoms with Crippen LogP contribution < -0.4 is 0 Å². The van der Waals surface area contributed by atoms with Gasteiger partial charge in [-0.25, -0.2) is 0 Å². The molecule has 0 spiro atoms. The predicted octanol–water partition coefficient (Wildman–Crippen LogP) is 2.81. The van der Waals surface area contributed by atoms with Gasteiger partial charge < -0.3 is 42.4 Å². The Bertz CT molecular complexity index is 455. The molecule has 19 heteroatoms. The third-order valence-electron chi connectivity index (χ3n) is 3.36. The first-order chi connectivity index (χ1) is 17.3. The average Bonchev–Trinajstić information content (AvgIpc) is 2.76. The van der Waals surface area contributed by atoms with Crippen LogP contribution in [0.25, 0.3) is 0 Å². The normalized spacial score (nSPS) is 12.9. The highest BCUT2D eigenvalue weighted by molar-refractivity contribution is 6.36. The van der Waals surface area contributed by atoms with Gasteiger partial charge in [0.2, 0.25) is 0 Å². The van der Waals surface area contributed by atoms with Crippen LogP contribution in [0.15, 0.2) is 0 Å². The van der Waals surface area contributed by atoms with E-state index >= 15 is 0 Å². The Kier molecular flexibility index (Phi) is 20.4. The van der Waals surface area contributed by atoms with Gasteiger partial charge in [-0.3, -0.25) is 0 Å². The minimum atomic E-state index is -4.44. The van der Waals surface area contributed by atoms with Gasteiger partial charge in [0.1, 0.15) is 19.8 Å². The van der Waals surface area contributed by atoms with Gasteiger partial charge in [0.25, 0.3) is 0 Å². The Hall–Kier alpha value is -0.925. The summed E-state index contributed by atoms with van der Waals surface area (Å²) in [6.07, 6.45) is -13.3. The molecule has 0 bridgehead atoms. The zero-order chi connectivity index (χ0) is 28.0. The lowest BCUT2D eigenvalue weighted by molar-refractivity contribution is -0.177. The lowest BCUT2D eigenvalue weighted by Crippen LogP contribution is -2.32. The maximum Gasteiger partial charge on any atom is 0.639 e. The number of ether oxygens (including phenoxy) is 6. The van der Waals surface area contributed by atoms with E-state index in [0.29, 0.717) is 0 Å². The molecule has 0 saturated heterocycles. The van der Waals surface area contributed by atoms with E-state index in [9.17, 15) is 39.5 Å². The summed E-state index contributed by atoms with van der Waals surface area (Å²) in [6.45, 7) is -5.85. The number of rotatable bonds is 24. The summed E-state index contributed by atoms with van der Waals surface area (Å²) in [5, 5.41) is 0. The first-order valence-corrected chi connectivity index (χ1v) is 10.8. The summed E-state index contributed by atoms with van der Waals surface area (Å²) in [7, 11) is -1.26. The van der Waals surface area contributed by atoms with Crippen LogP contribution in [0.5, 0.6) is 0 Å². The van der Waals surface area contributed by atoms with E-state index in [1.54, 1.807) is 0 Å². The molecule has 0 unspecified atom stereocenters. The van der Waals surface area contributed by atoms with Gasteiger partial charge in [-0.2, -0.15) is 39.5 Å². The van der Waals surface area contributed by atoms with Crippen molar-refractivity contribution in [2.45, 2.75) is 18.5 Å². The molecule has 0 atom stereocenters. The highest BCUT2D eigenvalue weighted by atomic mass is 19.4. The molecule has 0 aliphatic carbocycles. The second kappa shape index (κ2) is 21.0. The Morgan fingerprint density at radius 3 is 0.784 bits per heavy atom. The van der Waals surface area contributed by atoms with E-state index < -0.39 is 45.7 Å². The first-order valence-electron chi connectivity index (χ1n) is 10.8. The van der Waals surface area contributed by atoms with E-state index in [0.717, 1.165) is 0 Å². The van der Waals surface area contributed by atoms with Crippen molar-refractivity contribution < 1.29 is 81.9 Å². The van der Waals surface area contributed by atoms with Crippen molar-refractivity contribution in [3.8, 4) is 0 Å². The van der Waals surface area contributed by atoms with Crippen molar-refractivity contribution in [3.63, 3.8) is 0 Å². The molecule has 0 aromatic rings. The van der Waals surface area contributed by atoms with Crippen molar-refractivity contribution in [2.75, 3.05) is 99.1 Å². The summed E-state index contributed by atoms with van der Waals surface area (Å²) in [5.74, 6) is 0. The number of alkyl halides is 9. The monoisotopic (exact) mass is 572 g/mol. The van der Waals surface area contributed by atoms with Crippen LogP contribution in [0.4, 0.5) is 39.5 Å². The minimum absolute atomic E-state index is 0.0430. The third kappa shape index (κ3) is 31.2. The van der Waals surface area contributed by atoms with E-state index in [-0.39, 0.29) is 79.3 Å². The largest absolute Gasteiger partial charge is 0.639 e. The summed E-state index contributed by atoms with van der Waals surface area (Å²) < 4.78 is 152. The van der Waals surface area contributed by atoms with Crippen molar-refractivity contribution in [2.24, 2.45) is 0 Å². The predicted molar refractivity (Wildman–Crippen MR) is 107 cm³/mol. The van der Waals surface area contributed by atoms with Crippen molar-refractivity contribution in [3.05, 3.63) is 0 Å². The molecule has 0 amide bonds. The molecule has 0 heterocycles. The lowest BCUT2D eigenvalue weighted by atomic mass is 10.2. The quantitative estimate of drug-likeness (QED) is 0.0986. The highest BCUT2D eigenvalue weighted by Crippen LogP contribution is 2.15. The fourth-order valence-corrected chi connectivity index (χ4v) is 1.98. The Balaban J connectivity index is 4.03. The van der Waals surface area contributed by atoms with E-state index in [2.05, 4.69) is 14.2 Å². The molecule has 0 saturated carbocycles. The summed E-state index contributed by atoms with van der Waals surface area (Å²) in [5.41, 5.74) is 0. The summed E-state index contributed by atoms with van der Waals surface area (Å²) in [4.78, 5) is 0. The van der Waals surface area contributed by atoms with E-state index in [1.807, 2.05) is 0 Å². The Labute approximate surface area is 207 Å². The Morgan fingerprint density at radius 1 is 0.324 bits per heavy atom. The number of hydrogen-bond donors (Lipinski definition) is 0. The van der Waals surface area contributed by atoms with Gasteiger partial charge in [0.05, 0.1) is 79.3 Å². The topological polar surface area (TPSA) is 83.1 Å². The third-order valence-corrected chi connectivity index (χ3v) is 3.36. The van der Waals surface area contributed by atoms with Crippen LogP contribution in [-0.4, -0.2) is 125 Å². The summed E-state index contributed by atoms with van der Waals surface area (Å²) >= 11 is 0. The molecular formula is C18H30BF9O9. The average molecular weight is 572 g/mol. The maximum absolute atomic E-state index is 11.9. The maximum atomic E-state index is 11.9. The van der Waals surface area contributed by atoms with Crippen LogP contribution >= 0.6 is 0 Å². The van der Waals surface area contributed by atoms with Crippen molar-refractivity contribution >= 4 is 7.32 Å². The molecule has 0 aliphatic heterocycles. The molecule has 0 aromatic carbocycles. The molecule has 0 rings (SSSR count). The summed E-state index contributed by atoms with van der Waals surface area (Å²) in [6, 6.07) is 0. The fraction of sp³-hybridized carbons (Fsp3) is 1.00. The van der Waals surface area contributed by atoms with Gasteiger partial charge in [-0.15, -0.1) is 0 Å². The van der Waals surface area contributed by atoms with Crippen LogP contribution in [0.1, 0.15) is 0 Å².